The van der Waals surface area contributed by atoms with Crippen molar-refractivity contribution in [3.8, 4) is 0 Å². The Hall–Kier alpha value is -1.94. The van der Waals surface area contributed by atoms with Crippen LogP contribution in [0.4, 0.5) is 5.69 Å². The predicted octanol–water partition coefficient (Wildman–Crippen LogP) is -6.47. The number of hydrogen-bond acceptors (Lipinski definition) is 26. The number of rotatable bonds is 21. The van der Waals surface area contributed by atoms with E-state index in [1.165, 1.54) is 0 Å². The second-order valence-electron chi connectivity index (χ2n) is 16.6. The maximum atomic E-state index is 11.5. The molecule has 0 amide bonds. The minimum atomic E-state index is -1.97. The summed E-state index contributed by atoms with van der Waals surface area (Å²) in [6.45, 7) is -3.22. The van der Waals surface area contributed by atoms with Crippen molar-refractivity contribution in [2.75, 3.05) is 39.6 Å². The number of aryl methyl sites for hydroxylation is 1. The van der Waals surface area contributed by atoms with Crippen LogP contribution in [-0.2, 0) is 53.8 Å². The van der Waals surface area contributed by atoms with Crippen LogP contribution in [0.15, 0.2) is 29.3 Å². The van der Waals surface area contributed by atoms with E-state index >= 15 is 0 Å². The lowest BCUT2D eigenvalue weighted by Crippen LogP contribution is -2.63. The normalized spacial score (nSPS) is 44.1. The molecule has 5 aliphatic heterocycles. The summed E-state index contributed by atoms with van der Waals surface area (Å²) in [6.07, 6.45) is -35.1. The zero-order chi connectivity index (χ0) is 47.8. The zero-order valence-electron chi connectivity index (χ0n) is 35.4. The van der Waals surface area contributed by atoms with Gasteiger partial charge in [-0.2, -0.15) is 4.99 Å². The number of aliphatic imine (C=N–C) groups is 1. The molecule has 1 aromatic carbocycles. The summed E-state index contributed by atoms with van der Waals surface area (Å²) in [4.78, 5) is 3.93. The van der Waals surface area contributed by atoms with Gasteiger partial charge in [0.15, 0.2) is 31.5 Å². The first-order valence-corrected chi connectivity index (χ1v) is 21.9. The van der Waals surface area contributed by atoms with Gasteiger partial charge in [0.25, 0.3) is 0 Å². The topological polar surface area (TPSA) is 388 Å². The molecular weight excluding hydrogens is 910 g/mol. The highest BCUT2D eigenvalue weighted by Crippen LogP contribution is 2.33. The van der Waals surface area contributed by atoms with Gasteiger partial charge in [0.1, 0.15) is 110 Å². The smallest absolute Gasteiger partial charge is 0.187 e. The number of ether oxygens (including phenoxy) is 10. The van der Waals surface area contributed by atoms with Crippen molar-refractivity contribution >= 4 is 23.1 Å². The molecule has 14 N–H and O–H groups in total. The largest absolute Gasteiger partial charge is 0.394 e. The first kappa shape index (κ1) is 53.4. The van der Waals surface area contributed by atoms with Crippen molar-refractivity contribution in [2.45, 2.75) is 167 Å². The van der Waals surface area contributed by atoms with Gasteiger partial charge in [0.2, 0.25) is 0 Å². The fraction of sp³-hybridized carbons (Fsp3) is 0.825. The number of isothiocyanates is 1. The number of benzene rings is 1. The molecule has 5 aliphatic rings. The molecule has 0 aromatic heterocycles. The Morgan fingerprint density at radius 2 is 0.864 bits per heavy atom. The van der Waals surface area contributed by atoms with Gasteiger partial charge in [0, 0.05) is 6.61 Å². The average molecular weight is 972 g/mol. The maximum Gasteiger partial charge on any atom is 0.187 e. The highest BCUT2D eigenvalue weighted by molar-refractivity contribution is 7.78. The summed E-state index contributed by atoms with van der Waals surface area (Å²) in [5.74, 6) is 0. The summed E-state index contributed by atoms with van der Waals surface area (Å²) >= 11 is 4.62. The molecule has 0 spiro atoms. The van der Waals surface area contributed by atoms with Crippen LogP contribution in [0.25, 0.3) is 0 Å². The monoisotopic (exact) mass is 971 g/mol. The van der Waals surface area contributed by atoms with Crippen LogP contribution in [0.2, 0.25) is 0 Å². The quantitative estimate of drug-likeness (QED) is 0.0309. The Bertz CT molecular complexity index is 1670. The molecule has 5 saturated heterocycles. The van der Waals surface area contributed by atoms with Crippen LogP contribution in [0.5, 0.6) is 0 Å². The number of nitrogens with zero attached hydrogens (tertiary/aromatic N) is 1. The second kappa shape index (κ2) is 24.8. The van der Waals surface area contributed by atoms with E-state index < -0.39 is 174 Å². The SMILES string of the molecule is OCC1O[C@@H](OCC2O[C@@H](OCC3O[C@@H](OCCCCCc4ccc(N=C=S)cc4)C(O)[C@@H](O)[C@H]3O)C(O)[C@@H](O[C@H]3O[C@@H](CO[C@@H]4O[C@@H](CO)C(O)[C@@H]4O)C(O)[C@@H]3O)[C@H]2O)C(O)[C@@H](O)[C@H]1O. The van der Waals surface area contributed by atoms with Crippen LogP contribution >= 0.6 is 12.2 Å². The Morgan fingerprint density at radius 3 is 1.39 bits per heavy atom. The minimum absolute atomic E-state index is 0.109. The lowest BCUT2D eigenvalue weighted by Gasteiger charge is -2.45. The summed E-state index contributed by atoms with van der Waals surface area (Å²) in [5, 5.41) is 149. The number of hydrogen-bond donors (Lipinski definition) is 14. The van der Waals surface area contributed by atoms with Gasteiger partial charge in [-0.15, -0.1) is 0 Å². The molecule has 66 heavy (non-hydrogen) atoms. The zero-order valence-corrected chi connectivity index (χ0v) is 36.2. The third kappa shape index (κ3) is 12.7. The summed E-state index contributed by atoms with van der Waals surface area (Å²) in [7, 11) is 0. The standard InChI is InChI=1S/C40H61NO24S/c42-10-18-23(44)28(49)33(54)38(60-18)58-14-22-27(48)35(65-40-31(52)26(47)21(64-40)13-57-37-30(51)24(45)19(11-43)61-37)34(55)39(63-22)59-12-20-25(46)29(50)32(53)36(62-20)56-9-3-1-2-4-16-5-7-17(8-6-16)41-15-66/h5-8,18-40,42-55H,1-4,9-14H2/t18?,19-,20?,21-,22?,23-,24?,25-,26?,27-,28-,29-,30-,31-,32?,33?,34?,35-,36+,37+,38+,39+,40+/m0/s1. The molecule has 0 aliphatic carbocycles. The Labute approximate surface area is 382 Å². The van der Waals surface area contributed by atoms with E-state index in [9.17, 15) is 71.5 Å². The highest BCUT2D eigenvalue weighted by atomic mass is 32.1. The Balaban J connectivity index is 1.07. The van der Waals surface area contributed by atoms with Crippen molar-refractivity contribution < 1.29 is 119 Å². The number of aliphatic hydroxyl groups excluding tert-OH is 14. The average Bonchev–Trinajstić information content (AvgIpc) is 3.75. The highest BCUT2D eigenvalue weighted by Gasteiger charge is 2.54. The van der Waals surface area contributed by atoms with Gasteiger partial charge in [-0.3, -0.25) is 0 Å². The van der Waals surface area contributed by atoms with Crippen molar-refractivity contribution in [3.05, 3.63) is 29.8 Å². The van der Waals surface area contributed by atoms with Gasteiger partial charge < -0.3 is 119 Å². The number of unbranched alkanes of at least 4 members (excludes halogenated alkanes) is 2. The molecule has 0 bridgehead atoms. The van der Waals surface area contributed by atoms with E-state index in [1.807, 2.05) is 24.3 Å². The van der Waals surface area contributed by atoms with Gasteiger partial charge >= 0.3 is 0 Å². The van der Waals surface area contributed by atoms with Gasteiger partial charge in [0.05, 0.1) is 43.9 Å². The van der Waals surface area contributed by atoms with E-state index in [-0.39, 0.29) is 6.61 Å². The van der Waals surface area contributed by atoms with E-state index in [0.29, 0.717) is 12.1 Å². The first-order chi connectivity index (χ1) is 31.6. The van der Waals surface area contributed by atoms with Crippen LogP contribution < -0.4 is 0 Å². The van der Waals surface area contributed by atoms with Crippen LogP contribution in [0, 0.1) is 0 Å². The van der Waals surface area contributed by atoms with Gasteiger partial charge in [-0.1, -0.05) is 18.6 Å². The third-order valence-electron chi connectivity index (χ3n) is 12.0. The molecular formula is C40H61NO24S. The third-order valence-corrected chi connectivity index (χ3v) is 12.1. The fourth-order valence-electron chi connectivity index (χ4n) is 8.02. The first-order valence-electron chi connectivity index (χ1n) is 21.5. The minimum Gasteiger partial charge on any atom is -0.394 e. The van der Waals surface area contributed by atoms with E-state index in [0.717, 1.165) is 24.8 Å². The lowest BCUT2D eigenvalue weighted by atomic mass is 9.97. The molecule has 1 aromatic rings. The Morgan fingerprint density at radius 1 is 0.455 bits per heavy atom. The second-order valence-corrected chi connectivity index (χ2v) is 16.8. The van der Waals surface area contributed by atoms with Gasteiger partial charge in [-0.05, 0) is 49.2 Å². The molecule has 23 atom stereocenters. The van der Waals surface area contributed by atoms with E-state index in [2.05, 4.69) is 22.4 Å². The molecule has 0 radical (unpaired) electrons. The van der Waals surface area contributed by atoms with Crippen LogP contribution in [0.3, 0.4) is 0 Å². The van der Waals surface area contributed by atoms with Crippen molar-refractivity contribution in [3.63, 3.8) is 0 Å². The van der Waals surface area contributed by atoms with Gasteiger partial charge in [-0.25, -0.2) is 0 Å². The molecule has 5 fully saturated rings. The summed E-state index contributed by atoms with van der Waals surface area (Å²) in [5.41, 5.74) is 1.79. The van der Waals surface area contributed by atoms with E-state index in [1.54, 1.807) is 0 Å². The molecule has 26 heteroatoms. The number of thiocarbonyl (C=S) groups is 1. The summed E-state index contributed by atoms with van der Waals surface area (Å²) < 4.78 is 56.2. The molecule has 8 unspecified atom stereocenters. The summed E-state index contributed by atoms with van der Waals surface area (Å²) in [6, 6.07) is 7.53. The Kier molecular flexibility index (Phi) is 20.0. The van der Waals surface area contributed by atoms with Crippen molar-refractivity contribution in [1.82, 2.24) is 0 Å². The number of aliphatic hydroxyl groups is 14. The van der Waals surface area contributed by atoms with Crippen molar-refractivity contribution in [2.24, 2.45) is 4.99 Å². The molecule has 5 heterocycles. The molecule has 6 rings (SSSR count). The van der Waals surface area contributed by atoms with Crippen LogP contribution in [-0.4, -0.2) is 258 Å². The molecule has 376 valence electrons. The molecule has 0 saturated carbocycles. The predicted molar refractivity (Wildman–Crippen MR) is 217 cm³/mol. The van der Waals surface area contributed by atoms with E-state index in [4.69, 9.17) is 47.4 Å². The maximum absolute atomic E-state index is 11.5. The fourth-order valence-corrected chi connectivity index (χ4v) is 8.13. The lowest BCUT2D eigenvalue weighted by molar-refractivity contribution is -0.355. The molecule has 25 nitrogen and oxygen atoms in total. The van der Waals surface area contributed by atoms with Crippen LogP contribution in [0.1, 0.15) is 24.8 Å². The van der Waals surface area contributed by atoms with Crippen molar-refractivity contribution in [1.29, 1.82) is 0 Å².